The number of rotatable bonds is 7. The highest BCUT2D eigenvalue weighted by Gasteiger charge is 2.10. The van der Waals surface area contributed by atoms with Crippen molar-refractivity contribution in [1.82, 2.24) is 0 Å². The predicted molar refractivity (Wildman–Crippen MR) is 75.8 cm³/mol. The summed E-state index contributed by atoms with van der Waals surface area (Å²) in [5.74, 6) is -0.360. The number of halogens is 1. The molecule has 1 amide bonds. The fraction of sp³-hybridized carbons (Fsp3) is 0.385. The maximum Gasteiger partial charge on any atom is 0.236 e. The molecule has 0 unspecified atom stereocenters. The van der Waals surface area contributed by atoms with Gasteiger partial charge in [-0.25, -0.2) is 0 Å². The molecule has 0 aromatic heterocycles. The third-order valence-electron chi connectivity index (χ3n) is 2.60. The van der Waals surface area contributed by atoms with E-state index in [0.717, 1.165) is 35.8 Å². The van der Waals surface area contributed by atoms with E-state index in [-0.39, 0.29) is 12.5 Å². The van der Waals surface area contributed by atoms with Crippen LogP contribution in [0.3, 0.4) is 0 Å². The molecule has 0 saturated heterocycles. The fourth-order valence-electron chi connectivity index (χ4n) is 1.64. The van der Waals surface area contributed by atoms with Gasteiger partial charge in [-0.2, -0.15) is 0 Å². The molecule has 0 fully saturated rings. The molecule has 98 valence electrons. The maximum absolute atomic E-state index is 11.1. The maximum atomic E-state index is 11.1. The van der Waals surface area contributed by atoms with E-state index >= 15 is 0 Å². The Hall–Kier alpha value is -1.36. The lowest BCUT2D eigenvalue weighted by molar-refractivity contribution is -0.116. The minimum absolute atomic E-state index is 0.187. The van der Waals surface area contributed by atoms with Gasteiger partial charge in [-0.05, 0) is 40.5 Å². The van der Waals surface area contributed by atoms with Crippen LogP contribution < -0.4 is 10.6 Å². The first kappa shape index (κ1) is 14.7. The minimum atomic E-state index is -0.360. The summed E-state index contributed by atoms with van der Waals surface area (Å²) >= 11 is 3.34. The molecular formula is C13H17BrN2O2. The van der Waals surface area contributed by atoms with Gasteiger partial charge in [-0.1, -0.05) is 13.3 Å². The molecule has 0 radical (unpaired) electrons. The number of benzene rings is 1. The molecule has 4 nitrogen and oxygen atoms in total. The molecule has 1 aromatic rings. The van der Waals surface area contributed by atoms with Gasteiger partial charge in [0.1, 0.15) is 0 Å². The number of unbranched alkanes of at least 4 members (excludes halogenated alkanes) is 1. The van der Waals surface area contributed by atoms with Crippen LogP contribution >= 0.6 is 15.9 Å². The van der Waals surface area contributed by atoms with E-state index in [0.29, 0.717) is 5.56 Å². The standard InChI is InChI=1S/C13H17BrN2O2/c1-2-3-6-16(8-13(15)18)11-5-4-10(9-17)12(14)7-11/h4-5,7,9H,2-3,6,8H2,1H3,(H2,15,18). The Morgan fingerprint density at radius 1 is 1.50 bits per heavy atom. The van der Waals surface area contributed by atoms with Crippen LogP contribution in [-0.4, -0.2) is 25.3 Å². The van der Waals surface area contributed by atoms with Crippen molar-refractivity contribution in [2.24, 2.45) is 5.73 Å². The van der Waals surface area contributed by atoms with Crippen LogP contribution in [0.2, 0.25) is 0 Å². The second-order valence-corrected chi connectivity index (χ2v) is 4.92. The number of primary amides is 1. The number of nitrogens with two attached hydrogens (primary N) is 1. The molecule has 0 aliphatic rings. The van der Waals surface area contributed by atoms with E-state index < -0.39 is 0 Å². The van der Waals surface area contributed by atoms with Crippen molar-refractivity contribution in [3.8, 4) is 0 Å². The molecule has 0 aliphatic carbocycles. The van der Waals surface area contributed by atoms with Gasteiger partial charge >= 0.3 is 0 Å². The van der Waals surface area contributed by atoms with Gasteiger partial charge in [0.15, 0.2) is 6.29 Å². The Bertz CT molecular complexity index is 435. The van der Waals surface area contributed by atoms with Crippen molar-refractivity contribution in [3.63, 3.8) is 0 Å². The Morgan fingerprint density at radius 2 is 2.22 bits per heavy atom. The molecular weight excluding hydrogens is 296 g/mol. The largest absolute Gasteiger partial charge is 0.368 e. The predicted octanol–water partition coefficient (Wildman–Crippen LogP) is 2.35. The van der Waals surface area contributed by atoms with Crippen LogP contribution in [0.1, 0.15) is 30.1 Å². The molecule has 0 atom stereocenters. The van der Waals surface area contributed by atoms with E-state index in [2.05, 4.69) is 22.9 Å². The van der Waals surface area contributed by atoms with Gasteiger partial charge in [0.2, 0.25) is 5.91 Å². The highest BCUT2D eigenvalue weighted by atomic mass is 79.9. The number of hydrogen-bond acceptors (Lipinski definition) is 3. The first-order chi connectivity index (χ1) is 8.58. The molecule has 0 heterocycles. The number of hydrogen-bond donors (Lipinski definition) is 1. The topological polar surface area (TPSA) is 63.4 Å². The van der Waals surface area contributed by atoms with Crippen molar-refractivity contribution < 1.29 is 9.59 Å². The number of carbonyl (C=O) groups is 2. The van der Waals surface area contributed by atoms with Gasteiger partial charge in [-0.3, -0.25) is 9.59 Å². The summed E-state index contributed by atoms with van der Waals surface area (Å²) in [6, 6.07) is 5.39. The zero-order valence-corrected chi connectivity index (χ0v) is 11.9. The van der Waals surface area contributed by atoms with Crippen molar-refractivity contribution in [1.29, 1.82) is 0 Å². The second-order valence-electron chi connectivity index (χ2n) is 4.07. The van der Waals surface area contributed by atoms with Crippen molar-refractivity contribution in [3.05, 3.63) is 28.2 Å². The monoisotopic (exact) mass is 312 g/mol. The summed E-state index contributed by atoms with van der Waals surface area (Å²) in [5.41, 5.74) is 6.73. The summed E-state index contributed by atoms with van der Waals surface area (Å²) in [6.45, 7) is 3.05. The molecule has 5 heteroatoms. The van der Waals surface area contributed by atoms with E-state index in [1.165, 1.54) is 0 Å². The summed E-state index contributed by atoms with van der Waals surface area (Å²) in [7, 11) is 0. The Kier molecular flexibility index (Phi) is 5.85. The first-order valence-electron chi connectivity index (χ1n) is 5.86. The van der Waals surface area contributed by atoms with Crippen LogP contribution in [0.5, 0.6) is 0 Å². The zero-order valence-electron chi connectivity index (χ0n) is 10.4. The van der Waals surface area contributed by atoms with Crippen LogP contribution in [0.15, 0.2) is 22.7 Å². The van der Waals surface area contributed by atoms with E-state index in [9.17, 15) is 9.59 Å². The third kappa shape index (κ3) is 4.14. The number of anilines is 1. The lowest BCUT2D eigenvalue weighted by Gasteiger charge is -2.23. The average molecular weight is 313 g/mol. The third-order valence-corrected chi connectivity index (χ3v) is 3.29. The van der Waals surface area contributed by atoms with Crippen LogP contribution in [0.4, 0.5) is 5.69 Å². The quantitative estimate of drug-likeness (QED) is 0.786. The van der Waals surface area contributed by atoms with Crippen molar-refractivity contribution in [2.45, 2.75) is 19.8 Å². The average Bonchev–Trinajstić information content (AvgIpc) is 2.34. The molecule has 0 bridgehead atoms. The van der Waals surface area contributed by atoms with Crippen LogP contribution in [0.25, 0.3) is 0 Å². The Labute approximate surface area is 115 Å². The Balaban J connectivity index is 2.93. The summed E-state index contributed by atoms with van der Waals surface area (Å²) in [6.07, 6.45) is 2.82. The molecule has 0 saturated carbocycles. The minimum Gasteiger partial charge on any atom is -0.368 e. The number of amides is 1. The highest BCUT2D eigenvalue weighted by molar-refractivity contribution is 9.10. The van der Waals surface area contributed by atoms with Crippen molar-refractivity contribution in [2.75, 3.05) is 18.0 Å². The summed E-state index contributed by atoms with van der Waals surface area (Å²) in [4.78, 5) is 23.7. The Morgan fingerprint density at radius 3 is 2.72 bits per heavy atom. The molecule has 0 aliphatic heterocycles. The van der Waals surface area contributed by atoms with Crippen LogP contribution in [-0.2, 0) is 4.79 Å². The van der Waals surface area contributed by atoms with Crippen molar-refractivity contribution >= 4 is 33.8 Å². The van der Waals surface area contributed by atoms with Gasteiger partial charge in [0.25, 0.3) is 0 Å². The number of nitrogens with zero attached hydrogens (tertiary/aromatic N) is 1. The molecule has 18 heavy (non-hydrogen) atoms. The van der Waals surface area contributed by atoms with Gasteiger partial charge in [0, 0.05) is 22.3 Å². The van der Waals surface area contributed by atoms with E-state index in [4.69, 9.17) is 5.73 Å². The normalized spacial score (nSPS) is 10.1. The zero-order chi connectivity index (χ0) is 13.5. The first-order valence-corrected chi connectivity index (χ1v) is 6.65. The second kappa shape index (κ2) is 7.16. The SMILES string of the molecule is CCCCN(CC(N)=O)c1ccc(C=O)c(Br)c1. The molecule has 0 spiro atoms. The lowest BCUT2D eigenvalue weighted by atomic mass is 10.2. The molecule has 2 N–H and O–H groups in total. The van der Waals surface area contributed by atoms with E-state index in [1.807, 2.05) is 17.0 Å². The van der Waals surface area contributed by atoms with E-state index in [1.54, 1.807) is 6.07 Å². The number of carbonyl (C=O) groups excluding carboxylic acids is 2. The summed E-state index contributed by atoms with van der Waals surface area (Å²) in [5, 5.41) is 0. The van der Waals surface area contributed by atoms with Gasteiger partial charge in [0.05, 0.1) is 6.54 Å². The molecule has 1 rings (SSSR count). The van der Waals surface area contributed by atoms with Gasteiger partial charge in [-0.15, -0.1) is 0 Å². The smallest absolute Gasteiger partial charge is 0.236 e. The summed E-state index contributed by atoms with van der Waals surface area (Å²) < 4.78 is 0.723. The highest BCUT2D eigenvalue weighted by Crippen LogP contribution is 2.23. The lowest BCUT2D eigenvalue weighted by Crippen LogP contribution is -2.34. The number of aldehydes is 1. The van der Waals surface area contributed by atoms with Crippen LogP contribution in [0, 0.1) is 0 Å². The fourth-order valence-corrected chi connectivity index (χ4v) is 2.11. The van der Waals surface area contributed by atoms with Gasteiger partial charge < -0.3 is 10.6 Å². The molecule has 1 aromatic carbocycles.